The van der Waals surface area contributed by atoms with Crippen molar-refractivity contribution in [1.82, 2.24) is 15.2 Å². The largest absolute Gasteiger partial charge is 0.358 e. The zero-order valence-corrected chi connectivity index (χ0v) is 10.6. The van der Waals surface area contributed by atoms with Gasteiger partial charge in [0, 0.05) is 31.9 Å². The van der Waals surface area contributed by atoms with Crippen LogP contribution in [-0.4, -0.2) is 41.8 Å². The second-order valence-electron chi connectivity index (χ2n) is 3.73. The summed E-state index contributed by atoms with van der Waals surface area (Å²) < 4.78 is 0. The van der Waals surface area contributed by atoms with Gasteiger partial charge in [-0.15, -0.1) is 0 Å². The van der Waals surface area contributed by atoms with Crippen LogP contribution < -0.4 is 11.1 Å². The molecule has 6 nitrogen and oxygen atoms in total. The Morgan fingerprint density at radius 2 is 2.22 bits per heavy atom. The van der Waals surface area contributed by atoms with Crippen LogP contribution in [0.15, 0.2) is 18.3 Å². The van der Waals surface area contributed by atoms with Crippen molar-refractivity contribution in [3.63, 3.8) is 0 Å². The third-order valence-corrected chi connectivity index (χ3v) is 2.55. The molecule has 0 bridgehead atoms. The minimum atomic E-state index is -0.196. The van der Waals surface area contributed by atoms with E-state index in [0.29, 0.717) is 17.8 Å². The van der Waals surface area contributed by atoms with Gasteiger partial charge in [0.25, 0.3) is 5.91 Å². The minimum absolute atomic E-state index is 0.0477. The molecule has 0 aliphatic heterocycles. The van der Waals surface area contributed by atoms with Crippen LogP contribution in [0.4, 0.5) is 0 Å². The first-order valence-corrected chi connectivity index (χ1v) is 5.77. The molecule has 1 heterocycles. The molecule has 0 aromatic carbocycles. The maximum atomic E-state index is 12.2. The Balaban J connectivity index is 2.85. The van der Waals surface area contributed by atoms with Crippen molar-refractivity contribution >= 4 is 11.8 Å². The zero-order chi connectivity index (χ0) is 13.5. The molecule has 1 aromatic heterocycles. The van der Waals surface area contributed by atoms with Gasteiger partial charge in [-0.3, -0.25) is 14.6 Å². The summed E-state index contributed by atoms with van der Waals surface area (Å²) in [4.78, 5) is 29.0. The fourth-order valence-corrected chi connectivity index (χ4v) is 1.49. The highest BCUT2D eigenvalue weighted by molar-refractivity contribution is 5.96. The van der Waals surface area contributed by atoms with Crippen LogP contribution in [0.5, 0.6) is 0 Å². The molecule has 1 aromatic rings. The molecule has 98 valence electrons. The third-order valence-electron chi connectivity index (χ3n) is 2.55. The van der Waals surface area contributed by atoms with Gasteiger partial charge in [0.2, 0.25) is 5.91 Å². The number of nitrogens with zero attached hydrogens (tertiary/aromatic N) is 2. The molecular formula is C12H18N4O2. The van der Waals surface area contributed by atoms with E-state index < -0.39 is 0 Å². The van der Waals surface area contributed by atoms with E-state index in [4.69, 9.17) is 5.73 Å². The average molecular weight is 250 g/mol. The van der Waals surface area contributed by atoms with Gasteiger partial charge < -0.3 is 16.0 Å². The molecule has 0 fully saturated rings. The summed E-state index contributed by atoms with van der Waals surface area (Å²) in [6.07, 6.45) is 1.54. The Morgan fingerprint density at radius 1 is 1.50 bits per heavy atom. The zero-order valence-electron chi connectivity index (χ0n) is 10.6. The lowest BCUT2D eigenvalue weighted by molar-refractivity contribution is -0.121. The van der Waals surface area contributed by atoms with Crippen LogP contribution in [-0.2, 0) is 11.3 Å². The number of aromatic nitrogens is 1. The van der Waals surface area contributed by atoms with Gasteiger partial charge in [0.1, 0.15) is 0 Å². The van der Waals surface area contributed by atoms with Crippen molar-refractivity contribution in [3.8, 4) is 0 Å². The summed E-state index contributed by atoms with van der Waals surface area (Å²) in [5.41, 5.74) is 6.62. The number of carbonyl (C=O) groups is 2. The van der Waals surface area contributed by atoms with Gasteiger partial charge in [-0.2, -0.15) is 0 Å². The first kappa shape index (κ1) is 14.1. The molecule has 0 aliphatic rings. The van der Waals surface area contributed by atoms with Crippen molar-refractivity contribution in [1.29, 1.82) is 0 Å². The second-order valence-corrected chi connectivity index (χ2v) is 3.73. The molecule has 6 heteroatoms. The third kappa shape index (κ3) is 3.53. The van der Waals surface area contributed by atoms with Crippen molar-refractivity contribution in [2.24, 2.45) is 5.73 Å². The van der Waals surface area contributed by atoms with E-state index in [1.54, 1.807) is 25.4 Å². The van der Waals surface area contributed by atoms with Crippen LogP contribution in [0.2, 0.25) is 0 Å². The van der Waals surface area contributed by atoms with Crippen molar-refractivity contribution in [2.45, 2.75) is 13.5 Å². The second kappa shape index (κ2) is 6.70. The fourth-order valence-electron chi connectivity index (χ4n) is 1.49. The molecule has 3 N–H and O–H groups in total. The van der Waals surface area contributed by atoms with Crippen molar-refractivity contribution in [3.05, 3.63) is 29.6 Å². The number of hydrogen-bond donors (Lipinski definition) is 2. The Hall–Kier alpha value is -1.95. The summed E-state index contributed by atoms with van der Waals surface area (Å²) in [5, 5.41) is 2.49. The Morgan fingerprint density at radius 3 is 2.78 bits per heavy atom. The van der Waals surface area contributed by atoms with Gasteiger partial charge in [0.15, 0.2) is 0 Å². The van der Waals surface area contributed by atoms with Crippen LogP contribution >= 0.6 is 0 Å². The lowest BCUT2D eigenvalue weighted by atomic mass is 10.2. The van der Waals surface area contributed by atoms with E-state index in [-0.39, 0.29) is 24.9 Å². The van der Waals surface area contributed by atoms with Crippen molar-refractivity contribution in [2.75, 3.05) is 20.1 Å². The number of pyridine rings is 1. The SMILES string of the molecule is CCN(CC(=O)NC)C(=O)c1ccnc(CN)c1. The summed E-state index contributed by atoms with van der Waals surface area (Å²) in [6, 6.07) is 3.27. The summed E-state index contributed by atoms with van der Waals surface area (Å²) in [5.74, 6) is -0.392. The molecule has 1 rings (SSSR count). The fraction of sp³-hybridized carbons (Fsp3) is 0.417. The topological polar surface area (TPSA) is 88.3 Å². The highest BCUT2D eigenvalue weighted by Gasteiger charge is 2.16. The van der Waals surface area contributed by atoms with E-state index in [1.165, 1.54) is 4.90 Å². The molecule has 0 aliphatic carbocycles. The molecule has 0 unspecified atom stereocenters. The number of likely N-dealkylation sites (N-methyl/N-ethyl adjacent to an activating group) is 2. The first-order valence-electron chi connectivity index (χ1n) is 5.77. The minimum Gasteiger partial charge on any atom is -0.358 e. The number of nitrogens with one attached hydrogen (secondary N) is 1. The lowest BCUT2D eigenvalue weighted by Crippen LogP contribution is -2.39. The summed E-state index contributed by atoms with van der Waals surface area (Å²) in [6.45, 7) is 2.62. The quantitative estimate of drug-likeness (QED) is 0.754. The van der Waals surface area contributed by atoms with Crippen LogP contribution in [0.25, 0.3) is 0 Å². The molecule has 2 amide bonds. The normalized spacial score (nSPS) is 9.94. The summed E-state index contributed by atoms with van der Waals surface area (Å²) >= 11 is 0. The number of carbonyl (C=O) groups excluding carboxylic acids is 2. The predicted molar refractivity (Wildman–Crippen MR) is 67.8 cm³/mol. The molecule has 0 spiro atoms. The maximum absolute atomic E-state index is 12.2. The van der Waals surface area contributed by atoms with Crippen LogP contribution in [0, 0.1) is 0 Å². The number of rotatable bonds is 5. The Bertz CT molecular complexity index is 434. The van der Waals surface area contributed by atoms with E-state index in [2.05, 4.69) is 10.3 Å². The predicted octanol–water partition coefficient (Wildman–Crippen LogP) is -0.252. The van der Waals surface area contributed by atoms with Crippen molar-refractivity contribution < 1.29 is 9.59 Å². The maximum Gasteiger partial charge on any atom is 0.254 e. The molecule has 0 atom stereocenters. The smallest absolute Gasteiger partial charge is 0.254 e. The van der Waals surface area contributed by atoms with E-state index >= 15 is 0 Å². The highest BCUT2D eigenvalue weighted by atomic mass is 16.2. The first-order chi connectivity index (χ1) is 8.62. The molecule has 0 radical (unpaired) electrons. The van der Waals surface area contributed by atoms with Gasteiger partial charge in [0.05, 0.1) is 12.2 Å². The molecule has 0 saturated heterocycles. The lowest BCUT2D eigenvalue weighted by Gasteiger charge is -2.20. The van der Waals surface area contributed by atoms with E-state index in [1.807, 2.05) is 6.92 Å². The standard InChI is InChI=1S/C12H18N4O2/c1-3-16(8-11(17)14-2)12(18)9-4-5-15-10(6-9)7-13/h4-6H,3,7-8,13H2,1-2H3,(H,14,17). The van der Waals surface area contributed by atoms with Gasteiger partial charge in [-0.25, -0.2) is 0 Å². The molecular weight excluding hydrogens is 232 g/mol. The van der Waals surface area contributed by atoms with E-state index in [0.717, 1.165) is 0 Å². The average Bonchev–Trinajstić information content (AvgIpc) is 2.43. The Labute approximate surface area is 106 Å². The van der Waals surface area contributed by atoms with Crippen LogP contribution in [0.3, 0.4) is 0 Å². The highest BCUT2D eigenvalue weighted by Crippen LogP contribution is 2.06. The van der Waals surface area contributed by atoms with Gasteiger partial charge in [-0.1, -0.05) is 0 Å². The number of hydrogen-bond acceptors (Lipinski definition) is 4. The van der Waals surface area contributed by atoms with Gasteiger partial charge in [-0.05, 0) is 19.1 Å². The summed E-state index contributed by atoms with van der Waals surface area (Å²) in [7, 11) is 1.54. The molecule has 18 heavy (non-hydrogen) atoms. The van der Waals surface area contributed by atoms with Crippen LogP contribution in [0.1, 0.15) is 23.0 Å². The Kier molecular flexibility index (Phi) is 5.26. The van der Waals surface area contributed by atoms with E-state index in [9.17, 15) is 9.59 Å². The monoisotopic (exact) mass is 250 g/mol. The van der Waals surface area contributed by atoms with Gasteiger partial charge >= 0.3 is 0 Å². The number of nitrogens with two attached hydrogens (primary N) is 1. The number of amides is 2. The molecule has 0 saturated carbocycles.